The Hall–Kier alpha value is -1.06. The molecule has 3 heteroatoms. The summed E-state index contributed by atoms with van der Waals surface area (Å²) < 4.78 is 1.09. The first-order valence-electron chi connectivity index (χ1n) is 3.71. The number of rotatable bonds is 1. The molecule has 62 valence electrons. The lowest BCUT2D eigenvalue weighted by Gasteiger charge is -1.96. The zero-order valence-corrected chi connectivity index (χ0v) is 7.27. The Morgan fingerprint density at radius 2 is 2.25 bits per heavy atom. The van der Waals surface area contributed by atoms with Gasteiger partial charge < -0.3 is 10.8 Å². The second-order valence-corrected chi connectivity index (χ2v) is 3.53. The quantitative estimate of drug-likeness (QED) is 0.704. The van der Waals surface area contributed by atoms with Gasteiger partial charge in [-0.25, -0.2) is 0 Å². The van der Waals surface area contributed by atoms with E-state index in [2.05, 4.69) is 0 Å². The van der Waals surface area contributed by atoms with Crippen LogP contribution in [0.5, 0.6) is 5.75 Å². The van der Waals surface area contributed by atoms with E-state index in [-0.39, 0.29) is 0 Å². The Labute approximate surface area is 74.3 Å². The fraction of sp³-hybridized carbons (Fsp3) is 0.111. The highest BCUT2D eigenvalue weighted by molar-refractivity contribution is 7.17. The van der Waals surface area contributed by atoms with Crippen LogP contribution in [0, 0.1) is 0 Å². The first-order valence-corrected chi connectivity index (χ1v) is 4.59. The van der Waals surface area contributed by atoms with Gasteiger partial charge in [0, 0.05) is 16.6 Å². The molecule has 2 rings (SSSR count). The molecule has 0 saturated heterocycles. The van der Waals surface area contributed by atoms with Gasteiger partial charge in [-0.3, -0.25) is 0 Å². The third-order valence-corrected chi connectivity index (χ3v) is 2.87. The van der Waals surface area contributed by atoms with Crippen LogP contribution in [0.2, 0.25) is 0 Å². The summed E-state index contributed by atoms with van der Waals surface area (Å²) in [6.07, 6.45) is 0. The third kappa shape index (κ3) is 0.983. The maximum Gasteiger partial charge on any atom is 0.124 e. The summed E-state index contributed by atoms with van der Waals surface area (Å²) in [4.78, 5) is 0. The second kappa shape index (κ2) is 2.77. The Kier molecular flexibility index (Phi) is 1.75. The van der Waals surface area contributed by atoms with E-state index in [1.54, 1.807) is 17.4 Å². The van der Waals surface area contributed by atoms with E-state index in [4.69, 9.17) is 5.73 Å². The van der Waals surface area contributed by atoms with E-state index in [1.165, 1.54) is 0 Å². The van der Waals surface area contributed by atoms with Crippen LogP contribution >= 0.6 is 11.3 Å². The van der Waals surface area contributed by atoms with Crippen molar-refractivity contribution in [2.75, 3.05) is 0 Å². The predicted molar refractivity (Wildman–Crippen MR) is 51.4 cm³/mol. The molecule has 0 unspecified atom stereocenters. The summed E-state index contributed by atoms with van der Waals surface area (Å²) in [5.74, 6) is 0.328. The summed E-state index contributed by atoms with van der Waals surface area (Å²) in [5.41, 5.74) is 6.55. The predicted octanol–water partition coefficient (Wildman–Crippen LogP) is 2.07. The Bertz CT molecular complexity index is 408. The molecule has 1 aromatic carbocycles. The molecule has 2 aromatic rings. The van der Waals surface area contributed by atoms with Crippen molar-refractivity contribution in [3.05, 3.63) is 29.1 Å². The minimum atomic E-state index is 0.328. The van der Waals surface area contributed by atoms with Crippen LogP contribution in [0.4, 0.5) is 0 Å². The number of thiophene rings is 1. The van der Waals surface area contributed by atoms with Crippen molar-refractivity contribution in [3.63, 3.8) is 0 Å². The van der Waals surface area contributed by atoms with Crippen molar-refractivity contribution in [2.45, 2.75) is 6.54 Å². The van der Waals surface area contributed by atoms with Crippen molar-refractivity contribution in [3.8, 4) is 5.75 Å². The monoisotopic (exact) mass is 179 g/mol. The number of aromatic hydroxyl groups is 1. The van der Waals surface area contributed by atoms with Gasteiger partial charge in [0.05, 0.1) is 0 Å². The average Bonchev–Trinajstić information content (AvgIpc) is 2.49. The number of fused-ring (bicyclic) bond motifs is 1. The molecule has 0 spiro atoms. The highest BCUT2D eigenvalue weighted by Gasteiger charge is 2.05. The molecule has 1 heterocycles. The van der Waals surface area contributed by atoms with Crippen LogP contribution in [0.25, 0.3) is 10.1 Å². The molecule has 1 aromatic heterocycles. The molecular weight excluding hydrogens is 170 g/mol. The van der Waals surface area contributed by atoms with Gasteiger partial charge in [0.2, 0.25) is 0 Å². The number of hydrogen-bond donors (Lipinski definition) is 2. The summed E-state index contributed by atoms with van der Waals surface area (Å²) in [6.45, 7) is 0.484. The summed E-state index contributed by atoms with van der Waals surface area (Å²) >= 11 is 1.61. The van der Waals surface area contributed by atoms with Crippen LogP contribution in [0.3, 0.4) is 0 Å². The highest BCUT2D eigenvalue weighted by atomic mass is 32.1. The molecular formula is C9H9NOS. The SMILES string of the molecule is NCc1csc2cccc(O)c12. The standard InChI is InChI=1S/C9H9NOS/c10-4-6-5-12-8-3-1-2-7(11)9(6)8/h1-3,5,11H,4,10H2. The zero-order valence-electron chi connectivity index (χ0n) is 6.45. The maximum absolute atomic E-state index is 9.52. The number of phenols is 1. The molecule has 0 aliphatic heterocycles. The third-order valence-electron chi connectivity index (χ3n) is 1.87. The van der Waals surface area contributed by atoms with Crippen molar-refractivity contribution < 1.29 is 5.11 Å². The molecule has 0 aliphatic carbocycles. The summed E-state index contributed by atoms with van der Waals surface area (Å²) in [7, 11) is 0. The molecule has 0 amide bonds. The van der Waals surface area contributed by atoms with Gasteiger partial charge in [0.25, 0.3) is 0 Å². The van der Waals surface area contributed by atoms with E-state index >= 15 is 0 Å². The Morgan fingerprint density at radius 3 is 3.00 bits per heavy atom. The maximum atomic E-state index is 9.52. The first kappa shape index (κ1) is 7.58. The van der Waals surface area contributed by atoms with E-state index < -0.39 is 0 Å². The summed E-state index contributed by atoms with van der Waals surface area (Å²) in [5, 5.41) is 12.4. The van der Waals surface area contributed by atoms with Gasteiger partial charge in [0.1, 0.15) is 5.75 Å². The lowest BCUT2D eigenvalue weighted by Crippen LogP contribution is -1.93. The van der Waals surface area contributed by atoms with Gasteiger partial charge in [-0.1, -0.05) is 6.07 Å². The van der Waals surface area contributed by atoms with Crippen molar-refractivity contribution in [1.29, 1.82) is 0 Å². The lowest BCUT2D eigenvalue weighted by molar-refractivity contribution is 0.481. The molecule has 0 saturated carbocycles. The van der Waals surface area contributed by atoms with Gasteiger partial charge in [0.15, 0.2) is 0 Å². The van der Waals surface area contributed by atoms with E-state index in [0.717, 1.165) is 15.6 Å². The zero-order chi connectivity index (χ0) is 8.55. The van der Waals surface area contributed by atoms with Crippen LogP contribution in [0.1, 0.15) is 5.56 Å². The van der Waals surface area contributed by atoms with E-state index in [9.17, 15) is 5.11 Å². The molecule has 0 atom stereocenters. The van der Waals surface area contributed by atoms with Crippen LogP contribution in [-0.4, -0.2) is 5.11 Å². The van der Waals surface area contributed by atoms with Gasteiger partial charge in [-0.15, -0.1) is 11.3 Å². The number of benzene rings is 1. The Balaban J connectivity index is 2.83. The lowest BCUT2D eigenvalue weighted by atomic mass is 10.1. The second-order valence-electron chi connectivity index (χ2n) is 2.62. The van der Waals surface area contributed by atoms with Gasteiger partial charge >= 0.3 is 0 Å². The number of nitrogens with two attached hydrogens (primary N) is 1. The largest absolute Gasteiger partial charge is 0.507 e. The van der Waals surface area contributed by atoms with Crippen molar-refractivity contribution in [2.24, 2.45) is 5.73 Å². The van der Waals surface area contributed by atoms with Gasteiger partial charge in [-0.05, 0) is 23.1 Å². The highest BCUT2D eigenvalue weighted by Crippen LogP contribution is 2.32. The fourth-order valence-electron chi connectivity index (χ4n) is 1.28. The molecule has 12 heavy (non-hydrogen) atoms. The van der Waals surface area contributed by atoms with E-state index in [1.807, 2.05) is 17.5 Å². The minimum Gasteiger partial charge on any atom is -0.507 e. The topological polar surface area (TPSA) is 46.2 Å². The molecule has 0 radical (unpaired) electrons. The van der Waals surface area contributed by atoms with Crippen molar-refractivity contribution in [1.82, 2.24) is 0 Å². The molecule has 2 nitrogen and oxygen atoms in total. The van der Waals surface area contributed by atoms with Crippen molar-refractivity contribution >= 4 is 21.4 Å². The molecule has 0 aliphatic rings. The van der Waals surface area contributed by atoms with E-state index in [0.29, 0.717) is 12.3 Å². The summed E-state index contributed by atoms with van der Waals surface area (Å²) in [6, 6.07) is 5.52. The molecule has 0 fully saturated rings. The number of hydrogen-bond acceptors (Lipinski definition) is 3. The molecule has 3 N–H and O–H groups in total. The van der Waals surface area contributed by atoms with Crippen LogP contribution in [-0.2, 0) is 6.54 Å². The van der Waals surface area contributed by atoms with Gasteiger partial charge in [-0.2, -0.15) is 0 Å². The van der Waals surface area contributed by atoms with Crippen LogP contribution in [0.15, 0.2) is 23.6 Å². The van der Waals surface area contributed by atoms with Crippen LogP contribution < -0.4 is 5.73 Å². The average molecular weight is 179 g/mol. The first-order chi connectivity index (χ1) is 5.83. The molecule has 0 bridgehead atoms. The smallest absolute Gasteiger partial charge is 0.124 e. The Morgan fingerprint density at radius 1 is 1.42 bits per heavy atom. The fourth-order valence-corrected chi connectivity index (χ4v) is 2.28. The normalized spacial score (nSPS) is 10.8. The number of phenolic OH excluding ortho intramolecular Hbond substituents is 1. The minimum absolute atomic E-state index is 0.328.